The molecule has 1 aliphatic heterocycles. The van der Waals surface area contributed by atoms with Crippen LogP contribution in [-0.2, 0) is 23.8 Å². The largest absolute Gasteiger partial charge is 0.454 e. The lowest BCUT2D eigenvalue weighted by atomic mass is 9.99. The van der Waals surface area contributed by atoms with Crippen molar-refractivity contribution < 1.29 is 49.3 Å². The van der Waals surface area contributed by atoms with Crippen molar-refractivity contribution in [1.29, 1.82) is 0 Å². The molecule has 0 spiro atoms. The molecule has 0 radical (unpaired) electrons. The van der Waals surface area contributed by atoms with E-state index in [4.69, 9.17) is 14.2 Å². The Morgan fingerprint density at radius 1 is 0.481 bits per heavy atom. The van der Waals surface area contributed by atoms with Crippen LogP contribution in [0.2, 0.25) is 0 Å². The topological polar surface area (TPSA) is 175 Å². The first-order valence-corrected chi connectivity index (χ1v) is 33.4. The summed E-state index contributed by atoms with van der Waals surface area (Å²) in [5, 5.41) is 57.1. The molecule has 0 aromatic carbocycles. The summed E-state index contributed by atoms with van der Waals surface area (Å²) in [5.74, 6) is -1.22. The molecule has 11 heteroatoms. The third-order valence-corrected chi connectivity index (χ3v) is 15.3. The molecule has 0 bridgehead atoms. The molecule has 8 atom stereocenters. The van der Waals surface area contributed by atoms with Crippen LogP contribution < -0.4 is 5.32 Å². The molecule has 8 unspecified atom stereocenters. The molecule has 81 heavy (non-hydrogen) atoms. The highest BCUT2D eigenvalue weighted by atomic mass is 16.7. The minimum Gasteiger partial charge on any atom is -0.454 e. The van der Waals surface area contributed by atoms with Crippen molar-refractivity contribution in [3.63, 3.8) is 0 Å². The summed E-state index contributed by atoms with van der Waals surface area (Å²) in [5.41, 5.74) is 0. The van der Waals surface area contributed by atoms with Gasteiger partial charge in [0.25, 0.3) is 0 Å². The SMILES string of the molecule is CCCCC/C=C\C/C=C\C/C=C\C/C=C\CCCCCCC(O)C(=O)NC(COC1OC(CO)C(O)C(O)C1OC(=O)CCCCCCCCCCCCC/C=C\C/C=C\CCCCC)C(O)/C=C/CCCCCCCCCCC. The first kappa shape index (κ1) is 75.9. The number of hydrogen-bond donors (Lipinski definition) is 6. The molecule has 11 nitrogen and oxygen atoms in total. The fourth-order valence-electron chi connectivity index (χ4n) is 9.96. The van der Waals surface area contributed by atoms with Crippen molar-refractivity contribution in [1.82, 2.24) is 5.32 Å². The van der Waals surface area contributed by atoms with Gasteiger partial charge in [0.2, 0.25) is 5.91 Å². The van der Waals surface area contributed by atoms with Gasteiger partial charge in [-0.1, -0.05) is 260 Å². The van der Waals surface area contributed by atoms with Crippen LogP contribution in [-0.4, -0.2) is 99.6 Å². The van der Waals surface area contributed by atoms with E-state index in [2.05, 4.69) is 99.0 Å². The summed E-state index contributed by atoms with van der Waals surface area (Å²) in [6, 6.07) is -1.04. The number of rotatable bonds is 56. The molecular formula is C70H123NO10. The van der Waals surface area contributed by atoms with Gasteiger partial charge < -0.3 is 45.1 Å². The minimum absolute atomic E-state index is 0.116. The average molecular weight is 1140 g/mol. The quantitative estimate of drug-likeness (QED) is 0.0195. The molecule has 0 aliphatic carbocycles. The van der Waals surface area contributed by atoms with E-state index >= 15 is 0 Å². The van der Waals surface area contributed by atoms with Crippen LogP contribution in [0.3, 0.4) is 0 Å². The third-order valence-electron chi connectivity index (χ3n) is 15.3. The number of allylic oxidation sites excluding steroid dienone is 13. The zero-order chi connectivity index (χ0) is 58.9. The van der Waals surface area contributed by atoms with Crippen LogP contribution in [0.4, 0.5) is 0 Å². The smallest absolute Gasteiger partial charge is 0.306 e. The Morgan fingerprint density at radius 3 is 1.30 bits per heavy atom. The average Bonchev–Trinajstić information content (AvgIpc) is 3.51. The molecule has 1 fully saturated rings. The predicted octanol–water partition coefficient (Wildman–Crippen LogP) is 16.5. The highest BCUT2D eigenvalue weighted by molar-refractivity contribution is 5.80. The van der Waals surface area contributed by atoms with Crippen molar-refractivity contribution in [2.24, 2.45) is 0 Å². The van der Waals surface area contributed by atoms with Crippen molar-refractivity contribution >= 4 is 11.9 Å². The van der Waals surface area contributed by atoms with E-state index in [-0.39, 0.29) is 19.4 Å². The predicted molar refractivity (Wildman–Crippen MR) is 338 cm³/mol. The molecule has 6 N–H and O–H groups in total. The molecule has 1 rings (SSSR count). The molecule has 1 aliphatic rings. The number of hydrogen-bond acceptors (Lipinski definition) is 10. The number of amides is 1. The van der Waals surface area contributed by atoms with Crippen LogP contribution in [0.15, 0.2) is 85.1 Å². The van der Waals surface area contributed by atoms with Gasteiger partial charge in [0, 0.05) is 6.42 Å². The Labute approximate surface area is 495 Å². The minimum atomic E-state index is -1.62. The van der Waals surface area contributed by atoms with Gasteiger partial charge in [-0.15, -0.1) is 0 Å². The molecule has 1 heterocycles. The van der Waals surface area contributed by atoms with Gasteiger partial charge in [0.15, 0.2) is 12.4 Å². The molecular weight excluding hydrogens is 1010 g/mol. The Balaban J connectivity index is 2.63. The number of carbonyl (C=O) groups excluding carboxylic acids is 2. The number of aliphatic hydroxyl groups is 5. The van der Waals surface area contributed by atoms with E-state index in [0.29, 0.717) is 12.8 Å². The number of aliphatic hydroxyl groups excluding tert-OH is 5. The maximum atomic E-state index is 13.4. The monoisotopic (exact) mass is 1140 g/mol. The number of unbranched alkanes of at least 4 members (excludes halogenated alkanes) is 30. The van der Waals surface area contributed by atoms with Crippen LogP contribution >= 0.6 is 0 Å². The Hall–Kier alpha value is -3.16. The maximum Gasteiger partial charge on any atom is 0.306 e. The molecule has 0 aromatic heterocycles. The van der Waals surface area contributed by atoms with Crippen molar-refractivity contribution in [3.05, 3.63) is 85.1 Å². The number of carbonyl (C=O) groups is 2. The highest BCUT2D eigenvalue weighted by Gasteiger charge is 2.47. The van der Waals surface area contributed by atoms with Crippen LogP contribution in [0, 0.1) is 0 Å². The van der Waals surface area contributed by atoms with Gasteiger partial charge >= 0.3 is 5.97 Å². The van der Waals surface area contributed by atoms with E-state index in [9.17, 15) is 35.1 Å². The highest BCUT2D eigenvalue weighted by Crippen LogP contribution is 2.26. The Morgan fingerprint density at radius 2 is 0.852 bits per heavy atom. The zero-order valence-electron chi connectivity index (χ0n) is 51.9. The first-order valence-electron chi connectivity index (χ1n) is 33.4. The Bertz CT molecular complexity index is 1640. The maximum absolute atomic E-state index is 13.4. The Kier molecular flexibility index (Phi) is 53.6. The summed E-state index contributed by atoms with van der Waals surface area (Å²) < 4.78 is 17.6. The van der Waals surface area contributed by atoms with E-state index in [1.165, 1.54) is 141 Å². The van der Waals surface area contributed by atoms with E-state index < -0.39 is 67.4 Å². The van der Waals surface area contributed by atoms with Crippen LogP contribution in [0.25, 0.3) is 0 Å². The second-order valence-electron chi connectivity index (χ2n) is 22.8. The molecule has 1 saturated heterocycles. The normalized spacial score (nSPS) is 19.2. The van der Waals surface area contributed by atoms with E-state index in [0.717, 1.165) is 96.3 Å². The van der Waals surface area contributed by atoms with Gasteiger partial charge in [0.05, 0.1) is 25.4 Å². The van der Waals surface area contributed by atoms with E-state index in [1.54, 1.807) is 6.08 Å². The van der Waals surface area contributed by atoms with Gasteiger partial charge in [0.1, 0.15) is 24.4 Å². The summed E-state index contributed by atoms with van der Waals surface area (Å²) in [4.78, 5) is 26.6. The van der Waals surface area contributed by atoms with Crippen molar-refractivity contribution in [2.75, 3.05) is 13.2 Å². The standard InChI is InChI=1S/C70H123NO10/c1-4-7-10-13-16-19-22-24-26-28-30-32-34-36-38-40-43-46-49-52-55-58-65(75)81-68-67(77)66(76)64(59-72)80-70(68)79-60-61(62(73)56-53-50-47-44-41-21-18-15-12-9-6-3)71-69(78)63(74)57-54-51-48-45-42-39-37-35-33-31-29-27-25-23-20-17-14-11-8-5-2/h16-17,19-20,24-27,31,33,37,39,53,56,61-64,66-68,70,72-74,76-77H,4-15,18,21-23,28-30,32,34-36,38,40-52,54-55,57-60H2,1-3H3,(H,71,78)/b19-16-,20-17-,26-24-,27-25-,33-31-,39-37-,56-53+. The van der Waals surface area contributed by atoms with Crippen LogP contribution in [0.1, 0.15) is 284 Å². The van der Waals surface area contributed by atoms with Gasteiger partial charge in [-0.25, -0.2) is 0 Å². The lowest BCUT2D eigenvalue weighted by molar-refractivity contribution is -0.305. The second kappa shape index (κ2) is 57.3. The lowest BCUT2D eigenvalue weighted by Gasteiger charge is -2.41. The fourth-order valence-corrected chi connectivity index (χ4v) is 9.96. The summed E-state index contributed by atoms with van der Waals surface area (Å²) in [6.45, 7) is 5.73. The summed E-state index contributed by atoms with van der Waals surface area (Å²) in [7, 11) is 0. The third kappa shape index (κ3) is 45.0. The zero-order valence-corrected chi connectivity index (χ0v) is 51.9. The van der Waals surface area contributed by atoms with Gasteiger partial charge in [-0.3, -0.25) is 9.59 Å². The number of nitrogens with one attached hydrogen (secondary N) is 1. The fraction of sp³-hybridized carbons (Fsp3) is 0.771. The van der Waals surface area contributed by atoms with Gasteiger partial charge in [-0.05, 0) is 103 Å². The molecule has 0 aromatic rings. The molecule has 468 valence electrons. The van der Waals surface area contributed by atoms with Crippen molar-refractivity contribution in [3.8, 4) is 0 Å². The number of ether oxygens (including phenoxy) is 3. The molecule has 0 saturated carbocycles. The second-order valence-corrected chi connectivity index (χ2v) is 22.8. The number of esters is 1. The van der Waals surface area contributed by atoms with Crippen molar-refractivity contribution in [2.45, 2.75) is 333 Å². The molecule has 1 amide bonds. The first-order chi connectivity index (χ1) is 39.7. The summed E-state index contributed by atoms with van der Waals surface area (Å²) >= 11 is 0. The van der Waals surface area contributed by atoms with E-state index in [1.807, 2.05) is 6.08 Å². The van der Waals surface area contributed by atoms with Gasteiger partial charge in [-0.2, -0.15) is 0 Å². The lowest BCUT2D eigenvalue weighted by Crippen LogP contribution is -2.61. The summed E-state index contributed by atoms with van der Waals surface area (Å²) in [6.07, 6.45) is 64.7. The van der Waals surface area contributed by atoms with Crippen LogP contribution in [0.5, 0.6) is 0 Å².